The lowest BCUT2D eigenvalue weighted by molar-refractivity contribution is -0.125. The highest BCUT2D eigenvalue weighted by molar-refractivity contribution is 5.82. The van der Waals surface area contributed by atoms with Gasteiger partial charge < -0.3 is 11.1 Å². The predicted octanol–water partition coefficient (Wildman–Crippen LogP) is 2.00. The summed E-state index contributed by atoms with van der Waals surface area (Å²) in [4.78, 5) is 14.3. The van der Waals surface area contributed by atoms with Crippen LogP contribution >= 0.6 is 0 Å². The van der Waals surface area contributed by atoms with Crippen LogP contribution in [0.3, 0.4) is 0 Å². The number of likely N-dealkylation sites (N-methyl/N-ethyl adjacent to an activating group) is 1. The Labute approximate surface area is 137 Å². The lowest BCUT2D eigenvalue weighted by atomic mass is 9.99. The van der Waals surface area contributed by atoms with Crippen molar-refractivity contribution in [1.82, 2.24) is 10.2 Å². The first-order chi connectivity index (χ1) is 11.2. The van der Waals surface area contributed by atoms with E-state index in [0.717, 1.165) is 13.1 Å². The average Bonchev–Trinajstić information content (AvgIpc) is 2.96. The van der Waals surface area contributed by atoms with Gasteiger partial charge in [0, 0.05) is 26.2 Å². The molecule has 0 saturated carbocycles. The number of hydrogen-bond acceptors (Lipinski definition) is 3. The summed E-state index contributed by atoms with van der Waals surface area (Å²) < 4.78 is 0. The number of amides is 1. The maximum Gasteiger partial charge on any atom is 0.237 e. The number of carbonyl (C=O) groups is 1. The van der Waals surface area contributed by atoms with Crippen LogP contribution in [0, 0.1) is 0 Å². The third kappa shape index (κ3) is 3.44. The molecule has 0 radical (unpaired) electrons. The summed E-state index contributed by atoms with van der Waals surface area (Å²) in [5.41, 5.74) is 9.72. The van der Waals surface area contributed by atoms with Gasteiger partial charge in [0.25, 0.3) is 0 Å². The molecule has 0 bridgehead atoms. The third-order valence-electron chi connectivity index (χ3n) is 4.46. The smallest absolute Gasteiger partial charge is 0.237 e. The van der Waals surface area contributed by atoms with E-state index in [1.165, 1.54) is 16.7 Å². The molecule has 0 spiro atoms. The number of nitrogens with one attached hydrogen (secondary N) is 1. The van der Waals surface area contributed by atoms with Crippen molar-refractivity contribution in [3.63, 3.8) is 0 Å². The van der Waals surface area contributed by atoms with Gasteiger partial charge in [-0.25, -0.2) is 0 Å². The maximum atomic E-state index is 12.1. The van der Waals surface area contributed by atoms with Crippen molar-refractivity contribution < 1.29 is 4.79 Å². The van der Waals surface area contributed by atoms with Crippen LogP contribution in [0.25, 0.3) is 11.1 Å². The predicted molar refractivity (Wildman–Crippen MR) is 92.7 cm³/mol. The molecule has 0 unspecified atom stereocenters. The Kier molecular flexibility index (Phi) is 4.74. The van der Waals surface area contributed by atoms with Crippen LogP contribution in [0.2, 0.25) is 0 Å². The molecule has 3 N–H and O–H groups in total. The van der Waals surface area contributed by atoms with E-state index in [2.05, 4.69) is 40.5 Å². The molecule has 1 amide bonds. The topological polar surface area (TPSA) is 58.4 Å². The summed E-state index contributed by atoms with van der Waals surface area (Å²) in [5.74, 6) is 0.0511. The van der Waals surface area contributed by atoms with Crippen LogP contribution in [-0.2, 0) is 11.3 Å². The summed E-state index contributed by atoms with van der Waals surface area (Å²) >= 11 is 0. The normalized spacial score (nSPS) is 21.3. The Bertz CT molecular complexity index is 671. The second-order valence-electron chi connectivity index (χ2n) is 6.08. The fourth-order valence-electron chi connectivity index (χ4n) is 3.33. The molecule has 1 aliphatic rings. The van der Waals surface area contributed by atoms with Gasteiger partial charge in [0.2, 0.25) is 5.91 Å². The maximum absolute atomic E-state index is 12.1. The highest BCUT2D eigenvalue weighted by atomic mass is 16.2. The SMILES string of the molecule is CNC(=O)[C@@H]1C[C@H](N)CN1Cc1ccccc1-c1ccccc1. The number of nitrogens with two attached hydrogens (primary N) is 1. The van der Waals surface area contributed by atoms with E-state index in [1.54, 1.807) is 7.05 Å². The van der Waals surface area contributed by atoms with Crippen LogP contribution in [0.15, 0.2) is 54.6 Å². The molecule has 2 atom stereocenters. The molecule has 0 aliphatic carbocycles. The van der Waals surface area contributed by atoms with E-state index in [0.29, 0.717) is 6.42 Å². The number of likely N-dealkylation sites (tertiary alicyclic amines) is 1. The van der Waals surface area contributed by atoms with Gasteiger partial charge in [0.1, 0.15) is 0 Å². The van der Waals surface area contributed by atoms with Gasteiger partial charge >= 0.3 is 0 Å². The van der Waals surface area contributed by atoms with Gasteiger partial charge in [-0.2, -0.15) is 0 Å². The van der Waals surface area contributed by atoms with Crippen molar-refractivity contribution in [2.75, 3.05) is 13.6 Å². The summed E-state index contributed by atoms with van der Waals surface area (Å²) in [6.07, 6.45) is 0.715. The average molecular weight is 309 g/mol. The zero-order chi connectivity index (χ0) is 16.2. The number of benzene rings is 2. The molecule has 23 heavy (non-hydrogen) atoms. The van der Waals surface area contributed by atoms with Crippen LogP contribution in [0.1, 0.15) is 12.0 Å². The van der Waals surface area contributed by atoms with E-state index >= 15 is 0 Å². The van der Waals surface area contributed by atoms with Gasteiger partial charge in [-0.15, -0.1) is 0 Å². The molecule has 3 rings (SSSR count). The number of carbonyl (C=O) groups excluding carboxylic acids is 1. The minimum absolute atomic E-state index is 0.0511. The number of rotatable bonds is 4. The van der Waals surface area contributed by atoms with Gasteiger partial charge in [-0.1, -0.05) is 54.6 Å². The molecule has 4 nitrogen and oxygen atoms in total. The second-order valence-corrected chi connectivity index (χ2v) is 6.08. The van der Waals surface area contributed by atoms with Gasteiger partial charge in [0.05, 0.1) is 6.04 Å². The van der Waals surface area contributed by atoms with Crippen molar-refractivity contribution in [3.8, 4) is 11.1 Å². The zero-order valence-electron chi connectivity index (χ0n) is 13.4. The largest absolute Gasteiger partial charge is 0.358 e. The molecule has 1 heterocycles. The first-order valence-electron chi connectivity index (χ1n) is 8.03. The Hall–Kier alpha value is -2.17. The molecule has 2 aromatic carbocycles. The van der Waals surface area contributed by atoms with Crippen LogP contribution in [-0.4, -0.2) is 36.5 Å². The molecular weight excluding hydrogens is 286 g/mol. The highest BCUT2D eigenvalue weighted by Crippen LogP contribution is 2.27. The molecule has 2 aromatic rings. The van der Waals surface area contributed by atoms with Crippen molar-refractivity contribution in [1.29, 1.82) is 0 Å². The molecule has 4 heteroatoms. The van der Waals surface area contributed by atoms with Gasteiger partial charge in [-0.05, 0) is 23.1 Å². The van der Waals surface area contributed by atoms with Crippen LogP contribution < -0.4 is 11.1 Å². The van der Waals surface area contributed by atoms with Gasteiger partial charge in [0.15, 0.2) is 0 Å². The van der Waals surface area contributed by atoms with Crippen molar-refractivity contribution in [2.45, 2.75) is 25.0 Å². The Morgan fingerprint density at radius 3 is 2.61 bits per heavy atom. The summed E-state index contributed by atoms with van der Waals surface area (Å²) in [7, 11) is 1.68. The van der Waals surface area contributed by atoms with Crippen molar-refractivity contribution in [2.24, 2.45) is 5.73 Å². The quantitative estimate of drug-likeness (QED) is 0.908. The molecule has 0 aromatic heterocycles. The standard InChI is InChI=1S/C19H23N3O/c1-21-19(23)18-11-16(20)13-22(18)12-15-9-5-6-10-17(15)14-7-3-2-4-8-14/h2-10,16,18H,11-13,20H2,1H3,(H,21,23)/t16-,18-/m0/s1. The third-order valence-corrected chi connectivity index (χ3v) is 4.46. The highest BCUT2D eigenvalue weighted by Gasteiger charge is 2.34. The molecule has 120 valence electrons. The van der Waals surface area contributed by atoms with E-state index in [4.69, 9.17) is 5.73 Å². The van der Waals surface area contributed by atoms with E-state index in [-0.39, 0.29) is 18.0 Å². The molecular formula is C19H23N3O. The minimum atomic E-state index is -0.140. The first kappa shape index (κ1) is 15.7. The Morgan fingerprint density at radius 2 is 1.87 bits per heavy atom. The first-order valence-corrected chi connectivity index (χ1v) is 8.03. The number of nitrogens with zero attached hydrogens (tertiary/aromatic N) is 1. The van der Waals surface area contributed by atoms with Gasteiger partial charge in [-0.3, -0.25) is 9.69 Å². The molecule has 1 saturated heterocycles. The molecule has 1 aliphatic heterocycles. The van der Waals surface area contributed by atoms with Crippen LogP contribution in [0.4, 0.5) is 0 Å². The van der Waals surface area contributed by atoms with Crippen molar-refractivity contribution >= 4 is 5.91 Å². The number of hydrogen-bond donors (Lipinski definition) is 2. The Balaban J connectivity index is 1.87. The van der Waals surface area contributed by atoms with Crippen LogP contribution in [0.5, 0.6) is 0 Å². The second kappa shape index (κ2) is 6.94. The fraction of sp³-hybridized carbons (Fsp3) is 0.316. The van der Waals surface area contributed by atoms with Crippen molar-refractivity contribution in [3.05, 3.63) is 60.2 Å². The van der Waals surface area contributed by atoms with E-state index in [9.17, 15) is 4.79 Å². The lowest BCUT2D eigenvalue weighted by Crippen LogP contribution is -2.41. The zero-order valence-corrected chi connectivity index (χ0v) is 13.4. The molecule has 1 fully saturated rings. The minimum Gasteiger partial charge on any atom is -0.358 e. The Morgan fingerprint density at radius 1 is 1.17 bits per heavy atom. The van der Waals surface area contributed by atoms with E-state index < -0.39 is 0 Å². The summed E-state index contributed by atoms with van der Waals surface area (Å²) in [6.45, 7) is 1.48. The van der Waals surface area contributed by atoms with E-state index in [1.807, 2.05) is 24.3 Å². The summed E-state index contributed by atoms with van der Waals surface area (Å²) in [5, 5.41) is 2.75. The fourth-order valence-corrected chi connectivity index (χ4v) is 3.33. The lowest BCUT2D eigenvalue weighted by Gasteiger charge is -2.24. The summed E-state index contributed by atoms with van der Waals surface area (Å²) in [6, 6.07) is 18.6. The monoisotopic (exact) mass is 309 g/mol.